The van der Waals surface area contributed by atoms with Gasteiger partial charge >= 0.3 is 11.9 Å². The Bertz CT molecular complexity index is 1190. The molecule has 0 spiro atoms. The lowest BCUT2D eigenvalue weighted by Gasteiger charge is -2.18. The molecule has 3 aromatic carbocycles. The Morgan fingerprint density at radius 1 is 0.647 bits per heavy atom. The molecule has 0 fully saturated rings. The highest BCUT2D eigenvalue weighted by atomic mass is 35.5. The molecule has 4 rings (SSSR count). The van der Waals surface area contributed by atoms with Gasteiger partial charge in [-0.25, -0.2) is 0 Å². The number of benzene rings is 3. The van der Waals surface area contributed by atoms with Gasteiger partial charge < -0.3 is 9.47 Å². The minimum atomic E-state index is -1.48. The number of rotatable bonds is 5. The standard InChI is InChI=1S/C24H14Cl6O4/c25-14-7-16(27)21(17(28)8-14)33-23(31)20(13-5-4-11-2-1-3-12(11)6-13)24(32)34-22-18(29)9-15(26)10-19(22)30/h4-10,20H,1-3H2. The van der Waals surface area contributed by atoms with Crippen LogP contribution in [-0.2, 0) is 22.4 Å². The summed E-state index contributed by atoms with van der Waals surface area (Å²) in [5.74, 6) is -3.62. The zero-order valence-electron chi connectivity index (χ0n) is 17.1. The molecule has 3 aromatic rings. The van der Waals surface area contributed by atoms with Crippen molar-refractivity contribution >= 4 is 81.5 Å². The van der Waals surface area contributed by atoms with Crippen LogP contribution >= 0.6 is 69.6 Å². The molecule has 0 aromatic heterocycles. The van der Waals surface area contributed by atoms with Gasteiger partial charge in [0.1, 0.15) is 0 Å². The first-order chi connectivity index (χ1) is 16.1. The summed E-state index contributed by atoms with van der Waals surface area (Å²) in [7, 11) is 0. The lowest BCUT2D eigenvalue weighted by atomic mass is 9.95. The Morgan fingerprint density at radius 3 is 1.56 bits per heavy atom. The van der Waals surface area contributed by atoms with Gasteiger partial charge in [-0.1, -0.05) is 87.8 Å². The van der Waals surface area contributed by atoms with Crippen LogP contribution in [-0.4, -0.2) is 11.9 Å². The molecule has 4 nitrogen and oxygen atoms in total. The molecule has 0 aliphatic heterocycles. The van der Waals surface area contributed by atoms with E-state index >= 15 is 0 Å². The summed E-state index contributed by atoms with van der Waals surface area (Å²) in [4.78, 5) is 26.6. The molecule has 0 N–H and O–H groups in total. The molecule has 0 radical (unpaired) electrons. The highest BCUT2D eigenvalue weighted by molar-refractivity contribution is 6.41. The number of carbonyl (C=O) groups is 2. The Hall–Kier alpha value is -1.66. The highest BCUT2D eigenvalue weighted by Crippen LogP contribution is 2.39. The summed E-state index contributed by atoms with van der Waals surface area (Å²) in [6, 6.07) is 10.8. The number of fused-ring (bicyclic) bond motifs is 1. The van der Waals surface area contributed by atoms with Gasteiger partial charge in [-0.3, -0.25) is 9.59 Å². The predicted molar refractivity (Wildman–Crippen MR) is 135 cm³/mol. The first-order valence-electron chi connectivity index (χ1n) is 9.98. The normalized spacial score (nSPS) is 12.6. The van der Waals surface area contributed by atoms with Crippen LogP contribution in [0.2, 0.25) is 30.1 Å². The van der Waals surface area contributed by atoms with Crippen molar-refractivity contribution in [3.05, 3.63) is 89.3 Å². The van der Waals surface area contributed by atoms with Crippen LogP contribution < -0.4 is 9.47 Å². The van der Waals surface area contributed by atoms with Crippen LogP contribution in [0.3, 0.4) is 0 Å². The second-order valence-electron chi connectivity index (χ2n) is 7.55. The molecule has 0 bridgehead atoms. The third kappa shape index (κ3) is 5.43. The molecule has 34 heavy (non-hydrogen) atoms. The lowest BCUT2D eigenvalue weighted by Crippen LogP contribution is -2.30. The molecule has 0 saturated heterocycles. The number of hydrogen-bond donors (Lipinski definition) is 0. The molecule has 0 unspecified atom stereocenters. The minimum absolute atomic E-state index is 0.00992. The molecule has 1 aliphatic rings. The quantitative estimate of drug-likeness (QED) is 0.173. The van der Waals surface area contributed by atoms with Crippen molar-refractivity contribution in [2.24, 2.45) is 0 Å². The van der Waals surface area contributed by atoms with E-state index < -0.39 is 17.9 Å². The van der Waals surface area contributed by atoms with Crippen molar-refractivity contribution in [3.63, 3.8) is 0 Å². The van der Waals surface area contributed by atoms with Gasteiger partial charge in [0.15, 0.2) is 17.4 Å². The largest absolute Gasteiger partial charge is 0.422 e. The Labute approximate surface area is 225 Å². The van der Waals surface area contributed by atoms with Crippen LogP contribution in [0.1, 0.15) is 29.0 Å². The number of carbonyl (C=O) groups excluding carboxylic acids is 2. The van der Waals surface area contributed by atoms with Crippen molar-refractivity contribution in [2.45, 2.75) is 25.2 Å². The first-order valence-corrected chi connectivity index (χ1v) is 12.2. The maximum Gasteiger partial charge on any atom is 0.330 e. The number of aryl methyl sites for hydroxylation is 2. The SMILES string of the molecule is O=C(Oc1c(Cl)cc(Cl)cc1Cl)C(C(=O)Oc1c(Cl)cc(Cl)cc1Cl)c1ccc2c(c1)CCC2. The minimum Gasteiger partial charge on any atom is -0.422 e. The van der Waals surface area contributed by atoms with Gasteiger partial charge in [-0.05, 0) is 60.2 Å². The van der Waals surface area contributed by atoms with E-state index in [9.17, 15) is 9.59 Å². The molecular weight excluding hydrogens is 565 g/mol. The van der Waals surface area contributed by atoms with Gasteiger partial charge in [0, 0.05) is 10.0 Å². The molecule has 0 saturated carbocycles. The summed E-state index contributed by atoms with van der Waals surface area (Å²) in [5.41, 5.74) is 2.60. The third-order valence-corrected chi connectivity index (χ3v) is 6.82. The van der Waals surface area contributed by atoms with Crippen LogP contribution in [0, 0.1) is 0 Å². The summed E-state index contributed by atoms with van der Waals surface area (Å²) in [6.07, 6.45) is 2.76. The smallest absolute Gasteiger partial charge is 0.330 e. The van der Waals surface area contributed by atoms with E-state index in [0.717, 1.165) is 30.4 Å². The fourth-order valence-corrected chi connectivity index (χ4v) is 5.50. The molecule has 0 heterocycles. The number of ether oxygens (including phenoxy) is 2. The van der Waals surface area contributed by atoms with Gasteiger partial charge in [0.05, 0.1) is 20.1 Å². The average molecular weight is 579 g/mol. The summed E-state index contributed by atoms with van der Waals surface area (Å²) in [5, 5.41) is 0.561. The molecule has 0 atom stereocenters. The fourth-order valence-electron chi connectivity index (χ4n) is 3.71. The third-order valence-electron chi connectivity index (χ3n) is 5.26. The van der Waals surface area contributed by atoms with Crippen molar-refractivity contribution in [2.75, 3.05) is 0 Å². The Balaban J connectivity index is 1.72. The Kier molecular flexibility index (Phi) is 7.88. The van der Waals surface area contributed by atoms with E-state index in [2.05, 4.69) is 0 Å². The summed E-state index contributed by atoms with van der Waals surface area (Å²) < 4.78 is 10.9. The van der Waals surface area contributed by atoms with Crippen molar-refractivity contribution in [3.8, 4) is 11.5 Å². The van der Waals surface area contributed by atoms with E-state index in [1.165, 1.54) is 24.3 Å². The van der Waals surface area contributed by atoms with E-state index in [1.807, 2.05) is 6.07 Å². The van der Waals surface area contributed by atoms with Crippen molar-refractivity contribution < 1.29 is 19.1 Å². The van der Waals surface area contributed by atoms with Crippen LogP contribution in [0.4, 0.5) is 0 Å². The summed E-state index contributed by atoms with van der Waals surface area (Å²) in [6.45, 7) is 0. The van der Waals surface area contributed by atoms with E-state index in [1.54, 1.807) is 12.1 Å². The number of hydrogen-bond acceptors (Lipinski definition) is 4. The maximum absolute atomic E-state index is 13.3. The van der Waals surface area contributed by atoms with E-state index in [4.69, 9.17) is 79.1 Å². The highest BCUT2D eigenvalue weighted by Gasteiger charge is 2.35. The van der Waals surface area contributed by atoms with Gasteiger partial charge in [0.25, 0.3) is 0 Å². The average Bonchev–Trinajstić information content (AvgIpc) is 3.21. The molecule has 1 aliphatic carbocycles. The van der Waals surface area contributed by atoms with Crippen LogP contribution in [0.5, 0.6) is 11.5 Å². The van der Waals surface area contributed by atoms with Gasteiger partial charge in [0.2, 0.25) is 0 Å². The number of esters is 2. The predicted octanol–water partition coefficient (Wildman–Crippen LogP) is 8.39. The fraction of sp³-hybridized carbons (Fsp3) is 0.167. The van der Waals surface area contributed by atoms with E-state index in [0.29, 0.717) is 5.56 Å². The van der Waals surface area contributed by atoms with Crippen molar-refractivity contribution in [1.29, 1.82) is 0 Å². The first kappa shape index (κ1) is 25.4. The molecule has 176 valence electrons. The van der Waals surface area contributed by atoms with Gasteiger partial charge in [-0.2, -0.15) is 0 Å². The zero-order valence-corrected chi connectivity index (χ0v) is 21.7. The molecule has 0 amide bonds. The number of halogens is 6. The maximum atomic E-state index is 13.3. The monoisotopic (exact) mass is 576 g/mol. The lowest BCUT2D eigenvalue weighted by molar-refractivity contribution is -0.147. The van der Waals surface area contributed by atoms with Gasteiger partial charge in [-0.15, -0.1) is 0 Å². The van der Waals surface area contributed by atoms with Crippen molar-refractivity contribution in [1.82, 2.24) is 0 Å². The molecular formula is C24H14Cl6O4. The second kappa shape index (κ2) is 10.5. The second-order valence-corrected chi connectivity index (χ2v) is 10.1. The van der Waals surface area contributed by atoms with Crippen LogP contribution in [0.25, 0.3) is 0 Å². The zero-order chi connectivity index (χ0) is 24.6. The topological polar surface area (TPSA) is 52.6 Å². The van der Waals surface area contributed by atoms with Crippen LogP contribution in [0.15, 0.2) is 42.5 Å². The summed E-state index contributed by atoms with van der Waals surface area (Å²) >= 11 is 36.5. The molecule has 10 heteroatoms. The Morgan fingerprint density at radius 2 is 1.09 bits per heavy atom. The van der Waals surface area contributed by atoms with E-state index in [-0.39, 0.29) is 41.6 Å².